The number of carbonyl (C=O) groups is 1. The van der Waals surface area contributed by atoms with Crippen LogP contribution in [-0.2, 0) is 28.9 Å². The maximum Gasteiger partial charge on any atom is 0.309 e. The third-order valence-corrected chi connectivity index (χ3v) is 5.00. The number of aliphatic carboxylic acids is 1. The highest BCUT2D eigenvalue weighted by molar-refractivity contribution is 5.71. The number of carboxylic acids is 1. The molecular weight excluding hydrogens is 320 g/mol. The molecule has 0 bridgehead atoms. The lowest BCUT2D eigenvalue weighted by atomic mass is 9.91. The van der Waals surface area contributed by atoms with Crippen LogP contribution in [-0.4, -0.2) is 34.1 Å². The van der Waals surface area contributed by atoms with E-state index in [-0.39, 0.29) is 0 Å². The standard InChI is InChI=1S/C19H22N2O4/c22-19(23)16-2-1-8-25-18(16)15-11-20-21(12-15)7-5-13-3-4-17-14(10-13)6-9-24-17/h3-4,10-12,16,18H,1-2,5-9H2,(H,22,23)/t16-,18+/m1/s1. The smallest absolute Gasteiger partial charge is 0.309 e. The molecule has 1 aromatic carbocycles. The van der Waals surface area contributed by atoms with E-state index in [0.29, 0.717) is 13.0 Å². The number of rotatable bonds is 5. The lowest BCUT2D eigenvalue weighted by Gasteiger charge is -2.28. The van der Waals surface area contributed by atoms with Crippen molar-refractivity contribution >= 4 is 5.97 Å². The Bertz CT molecular complexity index is 771. The molecule has 4 rings (SSSR count). The zero-order chi connectivity index (χ0) is 17.2. The molecule has 0 aliphatic carbocycles. The molecule has 2 atom stereocenters. The highest BCUT2D eigenvalue weighted by Gasteiger charge is 2.33. The largest absolute Gasteiger partial charge is 0.493 e. The molecule has 6 heteroatoms. The molecule has 1 saturated heterocycles. The summed E-state index contributed by atoms with van der Waals surface area (Å²) in [6.07, 6.45) is 6.57. The van der Waals surface area contributed by atoms with Gasteiger partial charge in [-0.1, -0.05) is 12.1 Å². The van der Waals surface area contributed by atoms with Crippen molar-refractivity contribution in [3.8, 4) is 5.75 Å². The van der Waals surface area contributed by atoms with Crippen molar-refractivity contribution in [3.63, 3.8) is 0 Å². The molecule has 1 aromatic heterocycles. The Labute approximate surface area is 146 Å². The number of fused-ring (bicyclic) bond motifs is 1. The molecule has 0 amide bonds. The first-order valence-electron chi connectivity index (χ1n) is 8.82. The Morgan fingerprint density at radius 3 is 3.16 bits per heavy atom. The van der Waals surface area contributed by atoms with Gasteiger partial charge in [0.05, 0.1) is 24.8 Å². The van der Waals surface area contributed by atoms with Gasteiger partial charge in [0, 0.05) is 31.3 Å². The Hall–Kier alpha value is -2.34. The van der Waals surface area contributed by atoms with Gasteiger partial charge < -0.3 is 14.6 Å². The van der Waals surface area contributed by atoms with Crippen molar-refractivity contribution < 1.29 is 19.4 Å². The van der Waals surface area contributed by atoms with E-state index >= 15 is 0 Å². The first kappa shape index (κ1) is 16.1. The zero-order valence-corrected chi connectivity index (χ0v) is 14.1. The predicted octanol–water partition coefficient (Wildman–Crippen LogP) is 2.61. The van der Waals surface area contributed by atoms with Crippen LogP contribution in [0.5, 0.6) is 5.75 Å². The van der Waals surface area contributed by atoms with E-state index in [4.69, 9.17) is 9.47 Å². The van der Waals surface area contributed by atoms with Crippen molar-refractivity contribution in [1.82, 2.24) is 9.78 Å². The van der Waals surface area contributed by atoms with Gasteiger partial charge in [0.2, 0.25) is 0 Å². The lowest BCUT2D eigenvalue weighted by Crippen LogP contribution is -2.28. The second kappa shape index (κ2) is 6.88. The van der Waals surface area contributed by atoms with E-state index in [2.05, 4.69) is 17.2 Å². The van der Waals surface area contributed by atoms with Crippen molar-refractivity contribution in [2.45, 2.75) is 38.3 Å². The van der Waals surface area contributed by atoms with Gasteiger partial charge in [0.25, 0.3) is 0 Å². The van der Waals surface area contributed by atoms with E-state index in [1.165, 1.54) is 11.1 Å². The highest BCUT2D eigenvalue weighted by atomic mass is 16.5. The van der Waals surface area contributed by atoms with Crippen LogP contribution in [0.3, 0.4) is 0 Å². The fourth-order valence-corrected chi connectivity index (χ4v) is 3.65. The van der Waals surface area contributed by atoms with Crippen LogP contribution >= 0.6 is 0 Å². The number of carboxylic acid groups (broad SMARTS) is 1. The van der Waals surface area contributed by atoms with Gasteiger partial charge in [-0.05, 0) is 36.5 Å². The van der Waals surface area contributed by atoms with Gasteiger partial charge in [-0.25, -0.2) is 0 Å². The molecule has 1 N–H and O–H groups in total. The second-order valence-electron chi connectivity index (χ2n) is 6.71. The maximum absolute atomic E-state index is 11.4. The van der Waals surface area contributed by atoms with E-state index < -0.39 is 18.0 Å². The van der Waals surface area contributed by atoms with Gasteiger partial charge >= 0.3 is 5.97 Å². The Balaban J connectivity index is 1.42. The first-order chi connectivity index (χ1) is 12.2. The molecule has 0 unspecified atom stereocenters. The van der Waals surface area contributed by atoms with Crippen LogP contribution in [0.2, 0.25) is 0 Å². The minimum Gasteiger partial charge on any atom is -0.493 e. The number of nitrogens with zero attached hydrogens (tertiary/aromatic N) is 2. The third-order valence-electron chi connectivity index (χ3n) is 5.00. The highest BCUT2D eigenvalue weighted by Crippen LogP contribution is 2.33. The van der Waals surface area contributed by atoms with Crippen LogP contribution in [0.1, 0.15) is 35.6 Å². The summed E-state index contributed by atoms with van der Waals surface area (Å²) >= 11 is 0. The van der Waals surface area contributed by atoms with E-state index in [1.54, 1.807) is 6.20 Å². The summed E-state index contributed by atoms with van der Waals surface area (Å²) < 4.78 is 13.1. The first-order valence-corrected chi connectivity index (χ1v) is 8.82. The summed E-state index contributed by atoms with van der Waals surface area (Å²) in [6, 6.07) is 6.34. The summed E-state index contributed by atoms with van der Waals surface area (Å²) in [4.78, 5) is 11.4. The fraction of sp³-hybridized carbons (Fsp3) is 0.474. The van der Waals surface area contributed by atoms with Crippen molar-refractivity contribution in [2.75, 3.05) is 13.2 Å². The van der Waals surface area contributed by atoms with Crippen LogP contribution in [0.25, 0.3) is 0 Å². The van der Waals surface area contributed by atoms with Gasteiger partial charge in [-0.15, -0.1) is 0 Å². The summed E-state index contributed by atoms with van der Waals surface area (Å²) in [6.45, 7) is 2.13. The molecule has 3 heterocycles. The Morgan fingerprint density at radius 1 is 1.36 bits per heavy atom. The second-order valence-corrected chi connectivity index (χ2v) is 6.71. The van der Waals surface area contributed by atoms with E-state index in [0.717, 1.165) is 43.7 Å². The zero-order valence-electron chi connectivity index (χ0n) is 14.1. The van der Waals surface area contributed by atoms with Gasteiger partial charge in [-0.2, -0.15) is 5.10 Å². The molecular formula is C19H22N2O4. The molecule has 25 heavy (non-hydrogen) atoms. The molecule has 0 spiro atoms. The monoisotopic (exact) mass is 342 g/mol. The average molecular weight is 342 g/mol. The minimum atomic E-state index is -0.794. The van der Waals surface area contributed by atoms with Crippen molar-refractivity contribution in [1.29, 1.82) is 0 Å². The molecule has 6 nitrogen and oxygen atoms in total. The number of ether oxygens (including phenoxy) is 2. The molecule has 0 radical (unpaired) electrons. The summed E-state index contributed by atoms with van der Waals surface area (Å²) in [5.41, 5.74) is 3.40. The fourth-order valence-electron chi connectivity index (χ4n) is 3.65. The molecule has 2 aromatic rings. The number of aryl methyl sites for hydroxylation is 2. The number of aromatic nitrogens is 2. The minimum absolute atomic E-state index is 0.392. The average Bonchev–Trinajstić information content (AvgIpc) is 3.28. The van der Waals surface area contributed by atoms with Crippen LogP contribution < -0.4 is 4.74 Å². The normalized spacial score (nSPS) is 22.4. The van der Waals surface area contributed by atoms with Crippen LogP contribution in [0, 0.1) is 5.92 Å². The summed E-state index contributed by atoms with van der Waals surface area (Å²) in [5.74, 6) is -0.278. The van der Waals surface area contributed by atoms with Crippen molar-refractivity contribution in [3.05, 3.63) is 47.3 Å². The predicted molar refractivity (Wildman–Crippen MR) is 90.6 cm³/mol. The lowest BCUT2D eigenvalue weighted by molar-refractivity contribution is -0.151. The van der Waals surface area contributed by atoms with E-state index in [9.17, 15) is 9.90 Å². The maximum atomic E-state index is 11.4. The van der Waals surface area contributed by atoms with Gasteiger partial charge in [0.15, 0.2) is 0 Å². The molecule has 2 aliphatic heterocycles. The third kappa shape index (κ3) is 3.39. The quantitative estimate of drug-likeness (QED) is 0.904. The van der Waals surface area contributed by atoms with E-state index in [1.807, 2.05) is 16.9 Å². The molecule has 1 fully saturated rings. The van der Waals surface area contributed by atoms with Gasteiger partial charge in [-0.3, -0.25) is 9.48 Å². The van der Waals surface area contributed by atoms with Crippen molar-refractivity contribution in [2.24, 2.45) is 5.92 Å². The molecule has 2 aliphatic rings. The number of hydrogen-bond donors (Lipinski definition) is 1. The Kier molecular flexibility index (Phi) is 4.44. The van der Waals surface area contributed by atoms with Crippen LogP contribution in [0.15, 0.2) is 30.6 Å². The topological polar surface area (TPSA) is 73.6 Å². The van der Waals surface area contributed by atoms with Gasteiger partial charge in [0.1, 0.15) is 5.75 Å². The molecule has 132 valence electrons. The SMILES string of the molecule is O=C(O)[C@@H]1CCCO[C@H]1c1cnn(CCc2ccc3c(c2)CCO3)c1. The van der Waals surface area contributed by atoms with Crippen LogP contribution in [0.4, 0.5) is 0 Å². The molecule has 0 saturated carbocycles. The Morgan fingerprint density at radius 2 is 2.28 bits per heavy atom. The number of benzene rings is 1. The summed E-state index contributed by atoms with van der Waals surface area (Å²) in [7, 11) is 0. The summed E-state index contributed by atoms with van der Waals surface area (Å²) in [5, 5.41) is 13.8. The number of hydrogen-bond acceptors (Lipinski definition) is 4.